The van der Waals surface area contributed by atoms with Crippen LogP contribution in [0.15, 0.2) is 4.99 Å². The molecule has 0 aliphatic carbocycles. The minimum absolute atomic E-state index is 0.281. The Kier molecular flexibility index (Phi) is 4.21. The Hall–Kier alpha value is -0.610. The molecule has 0 atom stereocenters. The summed E-state index contributed by atoms with van der Waals surface area (Å²) < 4.78 is 0. The van der Waals surface area contributed by atoms with Crippen LogP contribution in [0.1, 0.15) is 66.2 Å². The molecular formula is C15H29N3O. The van der Waals surface area contributed by atoms with Gasteiger partial charge in [-0.05, 0) is 38.5 Å². The van der Waals surface area contributed by atoms with Gasteiger partial charge in [-0.15, -0.1) is 0 Å². The molecule has 110 valence electrons. The van der Waals surface area contributed by atoms with Crippen molar-refractivity contribution in [2.45, 2.75) is 77.4 Å². The molecule has 4 heteroatoms. The van der Waals surface area contributed by atoms with Gasteiger partial charge in [-0.25, -0.2) is 4.99 Å². The van der Waals surface area contributed by atoms with Crippen molar-refractivity contribution in [2.24, 2.45) is 4.99 Å². The molecule has 2 rings (SSSR count). The molecule has 1 saturated heterocycles. The Morgan fingerprint density at radius 1 is 1.00 bits per heavy atom. The molecule has 0 unspecified atom stereocenters. The summed E-state index contributed by atoms with van der Waals surface area (Å²) >= 11 is 0. The van der Waals surface area contributed by atoms with Crippen molar-refractivity contribution >= 4 is 5.84 Å². The maximum Gasteiger partial charge on any atom is 0.138 e. The number of aliphatic imine (C=N–C) groups is 1. The first kappa shape index (κ1) is 14.8. The summed E-state index contributed by atoms with van der Waals surface area (Å²) in [5, 5.41) is 12.5. The summed E-state index contributed by atoms with van der Waals surface area (Å²) in [6.07, 6.45) is 6.05. The molecule has 2 aliphatic rings. The molecular weight excluding hydrogens is 238 g/mol. The van der Waals surface area contributed by atoms with E-state index in [1.165, 1.54) is 12.8 Å². The third-order valence-electron chi connectivity index (χ3n) is 5.24. The van der Waals surface area contributed by atoms with Gasteiger partial charge >= 0.3 is 0 Å². The topological polar surface area (TPSA) is 39.1 Å². The van der Waals surface area contributed by atoms with E-state index in [0.29, 0.717) is 0 Å². The summed E-state index contributed by atoms with van der Waals surface area (Å²) in [5.41, 5.74) is -0.694. The van der Waals surface area contributed by atoms with Crippen molar-refractivity contribution in [1.29, 1.82) is 0 Å². The predicted molar refractivity (Wildman–Crippen MR) is 78.5 cm³/mol. The summed E-state index contributed by atoms with van der Waals surface area (Å²) in [7, 11) is 0. The van der Waals surface area contributed by atoms with Gasteiger partial charge in [0.15, 0.2) is 0 Å². The molecule has 4 nitrogen and oxygen atoms in total. The van der Waals surface area contributed by atoms with Gasteiger partial charge in [0, 0.05) is 13.1 Å². The quantitative estimate of drug-likeness (QED) is 0.849. The van der Waals surface area contributed by atoms with E-state index in [0.717, 1.165) is 44.6 Å². The second-order valence-electron chi connectivity index (χ2n) is 5.87. The van der Waals surface area contributed by atoms with Crippen LogP contribution in [-0.4, -0.2) is 45.3 Å². The summed E-state index contributed by atoms with van der Waals surface area (Å²) in [6.45, 7) is 10.8. The number of likely N-dealkylation sites (tertiary alicyclic amines) is 1. The fraction of sp³-hybridized carbons (Fsp3) is 0.933. The predicted octanol–water partition coefficient (Wildman–Crippen LogP) is 3.26. The highest BCUT2D eigenvalue weighted by Crippen LogP contribution is 2.43. The maximum atomic E-state index is 10.9. The van der Waals surface area contributed by atoms with Gasteiger partial charge in [-0.3, -0.25) is 0 Å². The van der Waals surface area contributed by atoms with Crippen LogP contribution in [-0.2, 0) is 0 Å². The zero-order chi connectivity index (χ0) is 14.1. The highest BCUT2D eigenvalue weighted by molar-refractivity contribution is 5.93. The number of hydroxylamine groups is 2. The van der Waals surface area contributed by atoms with Crippen molar-refractivity contribution in [3.8, 4) is 0 Å². The second kappa shape index (κ2) is 5.41. The minimum Gasteiger partial charge on any atom is -0.359 e. The first-order valence-electron chi connectivity index (χ1n) is 7.94. The van der Waals surface area contributed by atoms with Crippen molar-refractivity contribution in [1.82, 2.24) is 9.96 Å². The van der Waals surface area contributed by atoms with E-state index >= 15 is 0 Å². The normalized spacial score (nSPS) is 25.9. The number of amidine groups is 1. The highest BCUT2D eigenvalue weighted by Gasteiger charge is 2.55. The molecule has 2 heterocycles. The third kappa shape index (κ3) is 2.00. The first-order chi connectivity index (χ1) is 9.10. The molecule has 0 aromatic rings. The third-order valence-corrected chi connectivity index (χ3v) is 5.24. The van der Waals surface area contributed by atoms with Gasteiger partial charge in [0.2, 0.25) is 0 Å². The molecule has 0 radical (unpaired) electrons. The highest BCUT2D eigenvalue weighted by atomic mass is 16.5. The number of rotatable bonds is 4. The van der Waals surface area contributed by atoms with Gasteiger partial charge in [0.25, 0.3) is 0 Å². The Morgan fingerprint density at radius 3 is 1.95 bits per heavy atom. The van der Waals surface area contributed by atoms with E-state index in [9.17, 15) is 5.21 Å². The van der Waals surface area contributed by atoms with E-state index in [1.807, 2.05) is 0 Å². The van der Waals surface area contributed by atoms with Crippen LogP contribution in [0.4, 0.5) is 0 Å². The van der Waals surface area contributed by atoms with E-state index < -0.39 is 5.66 Å². The molecule has 2 aliphatic heterocycles. The van der Waals surface area contributed by atoms with Crippen molar-refractivity contribution in [2.75, 3.05) is 13.1 Å². The van der Waals surface area contributed by atoms with Crippen LogP contribution in [0.2, 0.25) is 0 Å². The van der Waals surface area contributed by atoms with Crippen molar-refractivity contribution in [3.05, 3.63) is 0 Å². The zero-order valence-electron chi connectivity index (χ0n) is 12.9. The largest absolute Gasteiger partial charge is 0.359 e. The average molecular weight is 267 g/mol. The lowest BCUT2D eigenvalue weighted by Crippen LogP contribution is -2.57. The molecule has 1 N–H and O–H groups in total. The molecule has 0 aromatic carbocycles. The monoisotopic (exact) mass is 267 g/mol. The smallest absolute Gasteiger partial charge is 0.138 e. The molecule has 0 amide bonds. The molecule has 0 aromatic heterocycles. The molecule has 1 fully saturated rings. The summed E-state index contributed by atoms with van der Waals surface area (Å²) in [5.74, 6) is 1.14. The van der Waals surface area contributed by atoms with Crippen molar-refractivity contribution in [3.63, 3.8) is 0 Å². The summed E-state index contributed by atoms with van der Waals surface area (Å²) in [4.78, 5) is 7.44. The van der Waals surface area contributed by atoms with Gasteiger partial charge in [-0.2, -0.15) is 5.06 Å². The van der Waals surface area contributed by atoms with Crippen LogP contribution in [0.5, 0.6) is 0 Å². The number of nitrogens with zero attached hydrogens (tertiary/aromatic N) is 3. The lowest BCUT2D eigenvalue weighted by Gasteiger charge is -2.42. The zero-order valence-corrected chi connectivity index (χ0v) is 12.9. The lowest BCUT2D eigenvalue weighted by atomic mass is 9.89. The Labute approximate surface area is 117 Å². The Morgan fingerprint density at radius 2 is 1.53 bits per heavy atom. The standard InChI is InChI=1S/C15H29N3O/c1-5-14(6-2)13(17-11-9-10-12-17)16-15(7-3,8-4)18(14)19/h19H,5-12H2,1-4H3. The first-order valence-corrected chi connectivity index (χ1v) is 7.94. The van der Waals surface area contributed by atoms with Crippen LogP contribution < -0.4 is 0 Å². The van der Waals surface area contributed by atoms with E-state index in [4.69, 9.17) is 4.99 Å². The average Bonchev–Trinajstić information content (AvgIpc) is 3.04. The van der Waals surface area contributed by atoms with Crippen LogP contribution in [0.3, 0.4) is 0 Å². The Balaban J connectivity index is 2.44. The second-order valence-corrected chi connectivity index (χ2v) is 5.87. The SMILES string of the molecule is CCC1(CC)N=C(N2CCCC2)C(CC)(CC)N1O. The fourth-order valence-electron chi connectivity index (χ4n) is 3.71. The van der Waals surface area contributed by atoms with Gasteiger partial charge < -0.3 is 10.1 Å². The fourth-order valence-corrected chi connectivity index (χ4v) is 3.71. The molecule has 0 saturated carbocycles. The molecule has 19 heavy (non-hydrogen) atoms. The summed E-state index contributed by atoms with van der Waals surface area (Å²) in [6, 6.07) is 0. The van der Waals surface area contributed by atoms with Gasteiger partial charge in [0.05, 0.1) is 0 Å². The van der Waals surface area contributed by atoms with E-state index in [1.54, 1.807) is 5.06 Å². The molecule has 0 bridgehead atoms. The molecule has 0 spiro atoms. The van der Waals surface area contributed by atoms with Gasteiger partial charge in [-0.1, -0.05) is 27.7 Å². The Bertz CT molecular complexity index is 339. The number of hydrogen-bond acceptors (Lipinski definition) is 4. The lowest BCUT2D eigenvalue weighted by molar-refractivity contribution is -0.213. The van der Waals surface area contributed by atoms with Crippen LogP contribution in [0.25, 0.3) is 0 Å². The van der Waals surface area contributed by atoms with E-state index in [-0.39, 0.29) is 5.54 Å². The van der Waals surface area contributed by atoms with Crippen molar-refractivity contribution < 1.29 is 5.21 Å². The number of hydrogen-bond donors (Lipinski definition) is 1. The van der Waals surface area contributed by atoms with Crippen LogP contribution >= 0.6 is 0 Å². The van der Waals surface area contributed by atoms with Crippen LogP contribution in [0, 0.1) is 0 Å². The van der Waals surface area contributed by atoms with Gasteiger partial charge in [0.1, 0.15) is 17.0 Å². The van der Waals surface area contributed by atoms with E-state index in [2.05, 4.69) is 32.6 Å². The minimum atomic E-state index is -0.413. The maximum absolute atomic E-state index is 10.9.